The molecule has 1 N–H and O–H groups in total. The van der Waals surface area contributed by atoms with Gasteiger partial charge < -0.3 is 10.1 Å². The van der Waals surface area contributed by atoms with Gasteiger partial charge in [-0.05, 0) is 25.3 Å². The Morgan fingerprint density at radius 2 is 2.06 bits per heavy atom. The van der Waals surface area contributed by atoms with Crippen molar-refractivity contribution >= 4 is 5.97 Å². The Morgan fingerprint density at radius 3 is 2.61 bits per heavy atom. The van der Waals surface area contributed by atoms with Crippen molar-refractivity contribution in [2.45, 2.75) is 44.7 Å². The van der Waals surface area contributed by atoms with Gasteiger partial charge in [0.1, 0.15) is 6.04 Å². The van der Waals surface area contributed by atoms with Crippen LogP contribution in [0.5, 0.6) is 0 Å². The van der Waals surface area contributed by atoms with Crippen LogP contribution in [0.1, 0.15) is 38.2 Å². The largest absolute Gasteiger partial charge is 0.465 e. The zero-order valence-corrected chi connectivity index (χ0v) is 11.1. The van der Waals surface area contributed by atoms with Gasteiger partial charge in [0.25, 0.3) is 0 Å². The lowest BCUT2D eigenvalue weighted by molar-refractivity contribution is -0.146. The van der Waals surface area contributed by atoms with E-state index in [1.807, 2.05) is 25.1 Å². The van der Waals surface area contributed by atoms with Crippen molar-refractivity contribution in [2.24, 2.45) is 0 Å². The molecule has 1 aliphatic rings. The summed E-state index contributed by atoms with van der Waals surface area (Å²) in [6, 6.07) is 10.4. The van der Waals surface area contributed by atoms with E-state index in [0.29, 0.717) is 12.6 Å². The third-order valence-corrected chi connectivity index (χ3v) is 3.36. The lowest BCUT2D eigenvalue weighted by atomic mass is 9.93. The number of nitrogens with one attached hydrogen (secondary N) is 1. The number of esters is 1. The predicted octanol–water partition coefficient (Wildman–Crippen LogP) is 2.47. The summed E-state index contributed by atoms with van der Waals surface area (Å²) in [6.07, 6.45) is 2.33. The molecule has 98 valence electrons. The molecule has 2 atom stereocenters. The summed E-state index contributed by atoms with van der Waals surface area (Å²) < 4.78 is 5.17. The number of rotatable bonds is 6. The summed E-state index contributed by atoms with van der Waals surface area (Å²) in [5.41, 5.74) is 1.17. The van der Waals surface area contributed by atoms with Gasteiger partial charge in [0.05, 0.1) is 6.61 Å². The minimum atomic E-state index is -0.236. The molecule has 1 fully saturated rings. The smallest absolute Gasteiger partial charge is 0.323 e. The summed E-state index contributed by atoms with van der Waals surface area (Å²) >= 11 is 0. The van der Waals surface area contributed by atoms with Gasteiger partial charge in [-0.15, -0.1) is 0 Å². The Kier molecular flexibility index (Phi) is 4.37. The Morgan fingerprint density at radius 1 is 1.39 bits per heavy atom. The zero-order chi connectivity index (χ0) is 13.0. The van der Waals surface area contributed by atoms with E-state index >= 15 is 0 Å². The maximum atomic E-state index is 12.0. The van der Waals surface area contributed by atoms with Crippen molar-refractivity contribution in [1.82, 2.24) is 5.32 Å². The highest BCUT2D eigenvalue weighted by atomic mass is 16.5. The standard InChI is InChI=1S/C15H21NO2/c1-3-18-15(17)14(16-13-9-10-13)11(2)12-7-5-4-6-8-12/h4-8,11,13-14,16H,3,9-10H2,1-2H3. The van der Waals surface area contributed by atoms with Gasteiger partial charge in [-0.1, -0.05) is 37.3 Å². The van der Waals surface area contributed by atoms with Crippen LogP contribution in [0, 0.1) is 0 Å². The number of carbonyl (C=O) groups excluding carboxylic acids is 1. The number of ether oxygens (including phenoxy) is 1. The van der Waals surface area contributed by atoms with Crippen LogP contribution >= 0.6 is 0 Å². The average Bonchev–Trinajstić information content (AvgIpc) is 3.20. The molecular weight excluding hydrogens is 226 g/mol. The molecule has 1 saturated carbocycles. The Hall–Kier alpha value is -1.35. The quantitative estimate of drug-likeness (QED) is 0.785. The topological polar surface area (TPSA) is 38.3 Å². The molecule has 1 aromatic carbocycles. The van der Waals surface area contributed by atoms with E-state index in [-0.39, 0.29) is 17.9 Å². The highest BCUT2D eigenvalue weighted by Gasteiger charge is 2.33. The van der Waals surface area contributed by atoms with Crippen molar-refractivity contribution in [3.05, 3.63) is 35.9 Å². The van der Waals surface area contributed by atoms with Gasteiger partial charge in [0.15, 0.2) is 0 Å². The molecule has 3 heteroatoms. The molecule has 18 heavy (non-hydrogen) atoms. The van der Waals surface area contributed by atoms with Gasteiger partial charge in [-0.3, -0.25) is 4.79 Å². The molecule has 0 bridgehead atoms. The van der Waals surface area contributed by atoms with Gasteiger partial charge in [-0.25, -0.2) is 0 Å². The van der Waals surface area contributed by atoms with Gasteiger partial charge in [-0.2, -0.15) is 0 Å². The fraction of sp³-hybridized carbons (Fsp3) is 0.533. The molecular formula is C15H21NO2. The second kappa shape index (κ2) is 6.01. The zero-order valence-electron chi connectivity index (χ0n) is 11.1. The van der Waals surface area contributed by atoms with E-state index in [0.717, 1.165) is 12.8 Å². The van der Waals surface area contributed by atoms with Gasteiger partial charge >= 0.3 is 5.97 Å². The van der Waals surface area contributed by atoms with Crippen LogP contribution in [0.3, 0.4) is 0 Å². The fourth-order valence-electron chi connectivity index (χ4n) is 2.10. The van der Waals surface area contributed by atoms with E-state index in [1.165, 1.54) is 5.56 Å². The summed E-state index contributed by atoms with van der Waals surface area (Å²) in [6.45, 7) is 4.36. The van der Waals surface area contributed by atoms with E-state index in [9.17, 15) is 4.79 Å². The first-order valence-electron chi connectivity index (χ1n) is 6.70. The normalized spacial score (nSPS) is 18.1. The van der Waals surface area contributed by atoms with E-state index in [2.05, 4.69) is 24.4 Å². The van der Waals surface area contributed by atoms with E-state index in [1.54, 1.807) is 0 Å². The number of benzene rings is 1. The molecule has 1 aliphatic carbocycles. The van der Waals surface area contributed by atoms with Crippen molar-refractivity contribution in [2.75, 3.05) is 6.61 Å². The van der Waals surface area contributed by atoms with Crippen molar-refractivity contribution in [1.29, 1.82) is 0 Å². The Bertz CT molecular complexity index is 387. The first-order valence-corrected chi connectivity index (χ1v) is 6.70. The molecule has 2 rings (SSSR count). The monoisotopic (exact) mass is 247 g/mol. The maximum Gasteiger partial charge on any atom is 0.323 e. The van der Waals surface area contributed by atoms with Gasteiger partial charge in [0.2, 0.25) is 0 Å². The molecule has 3 nitrogen and oxygen atoms in total. The second-order valence-corrected chi connectivity index (χ2v) is 4.87. The second-order valence-electron chi connectivity index (χ2n) is 4.87. The van der Waals surface area contributed by atoms with Crippen LogP contribution in [0.4, 0.5) is 0 Å². The molecule has 0 aromatic heterocycles. The molecule has 0 spiro atoms. The molecule has 0 saturated heterocycles. The number of hydrogen-bond acceptors (Lipinski definition) is 3. The van der Waals surface area contributed by atoms with Gasteiger partial charge in [0, 0.05) is 12.0 Å². The molecule has 2 unspecified atom stereocenters. The highest BCUT2D eigenvalue weighted by Crippen LogP contribution is 2.25. The van der Waals surface area contributed by atoms with Crippen molar-refractivity contribution in [3.8, 4) is 0 Å². The Balaban J connectivity index is 2.09. The minimum Gasteiger partial charge on any atom is -0.465 e. The lowest BCUT2D eigenvalue weighted by Crippen LogP contribution is -2.43. The minimum absolute atomic E-state index is 0.130. The lowest BCUT2D eigenvalue weighted by Gasteiger charge is -2.23. The SMILES string of the molecule is CCOC(=O)C(NC1CC1)C(C)c1ccccc1. The third-order valence-electron chi connectivity index (χ3n) is 3.36. The third kappa shape index (κ3) is 3.33. The van der Waals surface area contributed by atoms with Crippen LogP contribution in [0.2, 0.25) is 0 Å². The van der Waals surface area contributed by atoms with Crippen molar-refractivity contribution in [3.63, 3.8) is 0 Å². The fourth-order valence-corrected chi connectivity index (χ4v) is 2.10. The van der Waals surface area contributed by atoms with Crippen LogP contribution in [-0.2, 0) is 9.53 Å². The predicted molar refractivity (Wildman–Crippen MR) is 71.4 cm³/mol. The molecule has 0 heterocycles. The van der Waals surface area contributed by atoms with E-state index in [4.69, 9.17) is 4.74 Å². The summed E-state index contributed by atoms with van der Waals surface area (Å²) in [7, 11) is 0. The molecule has 0 radical (unpaired) electrons. The Labute approximate surface area is 109 Å². The number of carbonyl (C=O) groups is 1. The highest BCUT2D eigenvalue weighted by molar-refractivity contribution is 5.77. The van der Waals surface area contributed by atoms with Crippen LogP contribution in [-0.4, -0.2) is 24.7 Å². The van der Waals surface area contributed by atoms with E-state index < -0.39 is 0 Å². The summed E-state index contributed by atoms with van der Waals surface area (Å²) in [5.74, 6) is -0.00777. The first kappa shape index (κ1) is 13.1. The maximum absolute atomic E-state index is 12.0. The first-order chi connectivity index (χ1) is 8.72. The average molecular weight is 247 g/mol. The van der Waals surface area contributed by atoms with Crippen LogP contribution in [0.25, 0.3) is 0 Å². The molecule has 0 amide bonds. The molecule has 1 aromatic rings. The molecule has 0 aliphatic heterocycles. The van der Waals surface area contributed by atoms with Crippen molar-refractivity contribution < 1.29 is 9.53 Å². The number of hydrogen-bond donors (Lipinski definition) is 1. The summed E-state index contributed by atoms with van der Waals surface area (Å²) in [4.78, 5) is 12.0. The van der Waals surface area contributed by atoms with Crippen LogP contribution in [0.15, 0.2) is 30.3 Å². The summed E-state index contributed by atoms with van der Waals surface area (Å²) in [5, 5.41) is 3.40. The van der Waals surface area contributed by atoms with Crippen LogP contribution < -0.4 is 5.32 Å².